The van der Waals surface area contributed by atoms with Crippen molar-refractivity contribution in [3.63, 3.8) is 0 Å². The minimum atomic E-state index is 0. The van der Waals surface area contributed by atoms with Gasteiger partial charge in [0, 0.05) is 32.8 Å². The number of hydrogen-bond acceptors (Lipinski definition) is 4. The number of nitriles is 4. The van der Waals surface area contributed by atoms with Gasteiger partial charge in [-0.05, 0) is 0 Å². The molecule has 0 aromatic heterocycles. The molecule has 0 atom stereocenters. The summed E-state index contributed by atoms with van der Waals surface area (Å²) in [6.07, 6.45) is 0. The van der Waals surface area contributed by atoms with E-state index in [1.807, 2.05) is 0 Å². The molecular weight excluding hydrogens is 308 g/mol. The van der Waals surface area contributed by atoms with Gasteiger partial charge in [0.25, 0.3) is 0 Å². The van der Waals surface area contributed by atoms with Gasteiger partial charge < -0.3 is 0 Å². The quantitative estimate of drug-likeness (QED) is 0.634. The van der Waals surface area contributed by atoms with Gasteiger partial charge in [-0.15, -0.1) is 0 Å². The molecule has 0 bridgehead atoms. The van der Waals surface area contributed by atoms with Crippen LogP contribution >= 0.6 is 0 Å². The fraction of sp³-hybridized carbons (Fsp3) is 0. The monoisotopic (exact) mass is 311 g/mol. The second-order valence-corrected chi connectivity index (χ2v) is 2.77. The molecule has 0 aliphatic heterocycles. The van der Waals surface area contributed by atoms with E-state index in [0.29, 0.717) is 10.4 Å². The number of nitrogens with zero attached hydrogens (tertiary/aromatic N) is 4. The first-order chi connectivity index (χ1) is 7.76. The molecule has 0 amide bonds. The van der Waals surface area contributed by atoms with E-state index in [1.165, 1.54) is 24.3 Å². The molecule has 0 saturated carbocycles. The summed E-state index contributed by atoms with van der Waals surface area (Å²) >= 11 is 0. The van der Waals surface area contributed by atoms with E-state index in [-0.39, 0.29) is 33.5 Å². The van der Waals surface area contributed by atoms with Gasteiger partial charge in [-0.2, -0.15) is 21.0 Å². The molecule has 0 unspecified atom stereocenters. The third kappa shape index (κ3) is 3.32. The number of hydrogen-bond donors (Lipinski definition) is 0. The van der Waals surface area contributed by atoms with Gasteiger partial charge in [-0.1, -0.05) is 24.3 Å². The van der Waals surface area contributed by atoms with Crippen molar-refractivity contribution in [3.05, 3.63) is 34.7 Å². The number of benzene rings is 1. The molecule has 1 aromatic rings. The third-order valence-electron chi connectivity index (χ3n) is 1.91. The summed E-state index contributed by atoms with van der Waals surface area (Å²) in [5.41, 5.74) is 0.00373. The molecule has 0 aliphatic rings. The first-order valence-corrected chi connectivity index (χ1v) is 4.22. The molecule has 1 radical (unpaired) electrons. The van der Waals surface area contributed by atoms with Crippen molar-refractivity contribution in [1.29, 1.82) is 21.0 Å². The zero-order valence-corrected chi connectivity index (χ0v) is 9.88. The summed E-state index contributed by atoms with van der Waals surface area (Å²) in [5.74, 6) is 0. The van der Waals surface area contributed by atoms with E-state index in [0.717, 1.165) is 0 Å². The average molecular weight is 312 g/mol. The Balaban J connectivity index is 0.00000256. The molecule has 0 N–H and O–H groups in total. The van der Waals surface area contributed by atoms with Crippen LogP contribution in [0, 0.1) is 45.3 Å². The molecule has 5 heteroatoms. The van der Waals surface area contributed by atoms with Crippen LogP contribution in [0.5, 0.6) is 0 Å². The minimum Gasteiger partial charge on any atom is -0.192 e. The first kappa shape index (κ1) is 14.7. The fourth-order valence-corrected chi connectivity index (χ4v) is 1.11. The summed E-state index contributed by atoms with van der Waals surface area (Å²) in [5, 5.41) is 35.5. The van der Waals surface area contributed by atoms with Crippen molar-refractivity contribution in [3.8, 4) is 24.3 Å². The molecule has 0 heterocycles. The first-order valence-electron chi connectivity index (χ1n) is 4.22. The molecule has 83 valence electrons. The zero-order valence-electron chi connectivity index (χ0n) is 8.40. The molecule has 0 fully saturated rings. The van der Waals surface area contributed by atoms with E-state index in [4.69, 9.17) is 21.0 Å². The van der Waals surface area contributed by atoms with Crippen molar-refractivity contribution in [2.24, 2.45) is 0 Å². The van der Waals surface area contributed by atoms with E-state index >= 15 is 0 Å². The van der Waals surface area contributed by atoms with E-state index in [2.05, 4.69) is 0 Å². The second kappa shape index (κ2) is 7.02. The normalized spacial score (nSPS) is 7.29. The number of rotatable bonds is 0. The van der Waals surface area contributed by atoms with Crippen molar-refractivity contribution < 1.29 is 22.4 Å². The van der Waals surface area contributed by atoms with Gasteiger partial charge in [0.1, 0.15) is 35.4 Å². The van der Waals surface area contributed by atoms with Crippen molar-refractivity contribution in [2.45, 2.75) is 0 Å². The third-order valence-corrected chi connectivity index (χ3v) is 1.91. The van der Waals surface area contributed by atoms with Gasteiger partial charge in [0.2, 0.25) is 0 Å². The van der Waals surface area contributed by atoms with Crippen LogP contribution in [0.4, 0.5) is 0 Å². The topological polar surface area (TPSA) is 95.2 Å². The molecule has 0 spiro atoms. The zero-order chi connectivity index (χ0) is 12.0. The van der Waals surface area contributed by atoms with Gasteiger partial charge in [-0.3, -0.25) is 0 Å². The Morgan fingerprint density at radius 1 is 0.647 bits per heavy atom. The van der Waals surface area contributed by atoms with E-state index < -0.39 is 0 Å². The maximum absolute atomic E-state index is 8.63. The Bertz CT molecular complexity index is 587. The maximum atomic E-state index is 8.63. The second-order valence-electron chi connectivity index (χ2n) is 2.77. The minimum absolute atomic E-state index is 0. The van der Waals surface area contributed by atoms with Crippen LogP contribution in [0.15, 0.2) is 24.3 Å². The molecule has 1 rings (SSSR count). The Hall–Kier alpha value is -2.34. The van der Waals surface area contributed by atoms with Gasteiger partial charge in [-0.25, -0.2) is 0 Å². The predicted molar refractivity (Wildman–Crippen MR) is 55.0 cm³/mol. The molecule has 0 saturated heterocycles. The van der Waals surface area contributed by atoms with Crippen LogP contribution in [0.25, 0.3) is 11.1 Å². The van der Waals surface area contributed by atoms with Crippen molar-refractivity contribution in [2.75, 3.05) is 0 Å². The Morgan fingerprint density at radius 2 is 0.882 bits per heavy atom. The van der Waals surface area contributed by atoms with Crippen molar-refractivity contribution >= 4 is 11.1 Å². The average Bonchev–Trinajstić information content (AvgIpc) is 2.34. The summed E-state index contributed by atoms with van der Waals surface area (Å²) in [4.78, 5) is 0. The van der Waals surface area contributed by atoms with Gasteiger partial charge in [0.15, 0.2) is 0 Å². The molecule has 4 nitrogen and oxygen atoms in total. The van der Waals surface area contributed by atoms with Crippen LogP contribution in [-0.4, -0.2) is 0 Å². The summed E-state index contributed by atoms with van der Waals surface area (Å²) < 4.78 is 0. The molecule has 17 heavy (non-hydrogen) atoms. The van der Waals surface area contributed by atoms with Crippen molar-refractivity contribution in [1.82, 2.24) is 0 Å². The van der Waals surface area contributed by atoms with Crippen LogP contribution in [0.2, 0.25) is 0 Å². The van der Waals surface area contributed by atoms with E-state index in [1.54, 1.807) is 24.3 Å². The maximum Gasteiger partial charge on any atom is 0.136 e. The molecular formula is C12H4AgN4. The standard InChI is InChI=1S/C12H4N4.Ag/c13-5-11(6-14)9-1-2-10(4-3-9)12(7-15)8-16;/h1-4H;. The smallest absolute Gasteiger partial charge is 0.136 e. The molecule has 0 aliphatic carbocycles. The Morgan fingerprint density at radius 3 is 1.06 bits per heavy atom. The Kier molecular flexibility index (Phi) is 6.05. The van der Waals surface area contributed by atoms with Gasteiger partial charge in [0.05, 0.1) is 0 Å². The van der Waals surface area contributed by atoms with Gasteiger partial charge >= 0.3 is 0 Å². The van der Waals surface area contributed by atoms with Crippen LogP contribution < -0.4 is 10.4 Å². The van der Waals surface area contributed by atoms with Crippen LogP contribution in [-0.2, 0) is 22.4 Å². The van der Waals surface area contributed by atoms with Crippen LogP contribution in [0.3, 0.4) is 0 Å². The Labute approximate surface area is 113 Å². The summed E-state index contributed by atoms with van der Waals surface area (Å²) in [7, 11) is 0. The van der Waals surface area contributed by atoms with Crippen LogP contribution in [0.1, 0.15) is 0 Å². The largest absolute Gasteiger partial charge is 0.192 e. The SMILES string of the molecule is N#CC(C#N)=c1ccc(=C(C#N)C#N)cc1.[Ag]. The summed E-state index contributed by atoms with van der Waals surface area (Å²) in [6.45, 7) is 0. The van der Waals surface area contributed by atoms with E-state index in [9.17, 15) is 0 Å². The predicted octanol–water partition coefficient (Wildman–Crippen LogP) is 0.0798. The fourth-order valence-electron chi connectivity index (χ4n) is 1.11. The molecule has 1 aromatic carbocycles. The summed E-state index contributed by atoms with van der Waals surface area (Å²) in [6, 6.07) is 13.2.